The summed E-state index contributed by atoms with van der Waals surface area (Å²) < 4.78 is 0. The van der Waals surface area contributed by atoms with E-state index in [2.05, 4.69) is 31.1 Å². The van der Waals surface area contributed by atoms with Gasteiger partial charge in [0.25, 0.3) is 0 Å². The lowest BCUT2D eigenvalue weighted by atomic mass is 9.57. The second-order valence-electron chi connectivity index (χ2n) is 9.74. The summed E-state index contributed by atoms with van der Waals surface area (Å²) in [4.78, 5) is 7.64. The van der Waals surface area contributed by atoms with Crippen molar-refractivity contribution in [3.63, 3.8) is 0 Å². The van der Waals surface area contributed by atoms with Gasteiger partial charge in [-0.2, -0.15) is 0 Å². The van der Waals surface area contributed by atoms with E-state index in [4.69, 9.17) is 4.84 Å². The first-order chi connectivity index (χ1) is 12.4. The summed E-state index contributed by atoms with van der Waals surface area (Å²) in [5, 5.41) is 15.8. The van der Waals surface area contributed by atoms with Crippen LogP contribution < -0.4 is 0 Å². The molecular formula is C22H40N2O2. The molecule has 4 heteroatoms. The molecular weight excluding hydrogens is 324 g/mol. The van der Waals surface area contributed by atoms with Crippen LogP contribution in [0.1, 0.15) is 77.6 Å². The Labute approximate surface area is 160 Å². The van der Waals surface area contributed by atoms with E-state index in [0.29, 0.717) is 12.5 Å². The zero-order valence-electron chi connectivity index (χ0n) is 17.3. The Kier molecular flexibility index (Phi) is 6.66. The fraction of sp³-hybridized carbons (Fsp3) is 0.955. The summed E-state index contributed by atoms with van der Waals surface area (Å²) in [5.41, 5.74) is -0.510. The predicted molar refractivity (Wildman–Crippen MR) is 107 cm³/mol. The smallest absolute Gasteiger partial charge is 0.118 e. The molecule has 0 heterocycles. The lowest BCUT2D eigenvalue weighted by molar-refractivity contribution is -0.115. The zero-order chi connectivity index (χ0) is 18.6. The van der Waals surface area contributed by atoms with Crippen LogP contribution in [0, 0.1) is 23.2 Å². The summed E-state index contributed by atoms with van der Waals surface area (Å²) in [6.45, 7) is 4.00. The number of oxime groups is 1. The van der Waals surface area contributed by atoms with Crippen LogP contribution in [0.5, 0.6) is 0 Å². The second kappa shape index (κ2) is 8.60. The van der Waals surface area contributed by atoms with Crippen molar-refractivity contribution in [2.24, 2.45) is 28.3 Å². The topological polar surface area (TPSA) is 45.1 Å². The predicted octanol–water partition coefficient (Wildman–Crippen LogP) is 4.47. The van der Waals surface area contributed by atoms with E-state index in [-0.39, 0.29) is 5.41 Å². The molecule has 0 spiro atoms. The van der Waals surface area contributed by atoms with Gasteiger partial charge in [-0.25, -0.2) is 0 Å². The van der Waals surface area contributed by atoms with Crippen LogP contribution in [0.3, 0.4) is 0 Å². The van der Waals surface area contributed by atoms with Gasteiger partial charge in [0.2, 0.25) is 0 Å². The Balaban J connectivity index is 1.53. The molecule has 0 unspecified atom stereocenters. The van der Waals surface area contributed by atoms with Crippen LogP contribution in [0.15, 0.2) is 5.16 Å². The number of aliphatic hydroxyl groups is 1. The molecule has 0 saturated heterocycles. The number of rotatable bonds is 7. The van der Waals surface area contributed by atoms with Crippen LogP contribution in [0.4, 0.5) is 0 Å². The maximum atomic E-state index is 11.5. The summed E-state index contributed by atoms with van der Waals surface area (Å²) in [6, 6.07) is 0. The Morgan fingerprint density at radius 3 is 2.58 bits per heavy atom. The van der Waals surface area contributed by atoms with Crippen LogP contribution in [-0.2, 0) is 4.84 Å². The molecule has 1 N–H and O–H groups in total. The molecule has 4 atom stereocenters. The molecule has 3 rings (SSSR count). The summed E-state index contributed by atoms with van der Waals surface area (Å²) in [6.07, 6.45) is 15.4. The summed E-state index contributed by atoms with van der Waals surface area (Å²) >= 11 is 0. The molecule has 3 aliphatic carbocycles. The SMILES string of the molecule is CN(C)CCCON=C[C@H]1CC[C@]2(O)C[C@@H](C3CCCCC3)CC[C@]12C. The Bertz CT molecular complexity index is 475. The number of hydrogen-bond acceptors (Lipinski definition) is 4. The lowest BCUT2D eigenvalue weighted by Crippen LogP contribution is -2.51. The average Bonchev–Trinajstić information content (AvgIpc) is 2.89. The Morgan fingerprint density at radius 1 is 1.08 bits per heavy atom. The zero-order valence-corrected chi connectivity index (χ0v) is 17.3. The standard InChI is InChI=1S/C22H40N2O2/c1-21-12-10-19(18-8-5-4-6-9-18)16-22(21,25)13-11-20(21)17-23-26-15-7-14-24(2)3/h17-20,25H,4-16H2,1-3H3/t19-,20+,21+,22-/m0/s1. The van der Waals surface area contributed by atoms with Gasteiger partial charge in [-0.15, -0.1) is 0 Å². The van der Waals surface area contributed by atoms with Crippen LogP contribution >= 0.6 is 0 Å². The van der Waals surface area contributed by atoms with Crippen molar-refractivity contribution < 1.29 is 9.94 Å². The maximum absolute atomic E-state index is 11.5. The van der Waals surface area contributed by atoms with Gasteiger partial charge < -0.3 is 14.8 Å². The molecule has 3 saturated carbocycles. The second-order valence-corrected chi connectivity index (χ2v) is 9.74. The minimum atomic E-state index is -0.491. The van der Waals surface area contributed by atoms with Gasteiger partial charge >= 0.3 is 0 Å². The number of nitrogens with zero attached hydrogens (tertiary/aromatic N) is 2. The summed E-state index contributed by atoms with van der Waals surface area (Å²) in [7, 11) is 4.15. The van der Waals surface area contributed by atoms with E-state index in [1.165, 1.54) is 38.5 Å². The van der Waals surface area contributed by atoms with Crippen molar-refractivity contribution in [3.8, 4) is 0 Å². The third-order valence-electron chi connectivity index (χ3n) is 7.86. The molecule has 0 aliphatic heterocycles. The number of hydrogen-bond donors (Lipinski definition) is 1. The highest BCUT2D eigenvalue weighted by Gasteiger charge is 2.59. The van der Waals surface area contributed by atoms with Gasteiger partial charge in [-0.1, -0.05) is 44.2 Å². The summed E-state index contributed by atoms with van der Waals surface area (Å²) in [5.74, 6) is 1.96. The van der Waals surface area contributed by atoms with E-state index in [1.54, 1.807) is 0 Å². The third-order valence-corrected chi connectivity index (χ3v) is 7.86. The largest absolute Gasteiger partial charge is 0.396 e. The van der Waals surface area contributed by atoms with Crippen molar-refractivity contribution in [2.45, 2.75) is 83.2 Å². The van der Waals surface area contributed by atoms with Gasteiger partial charge in [-0.05, 0) is 64.5 Å². The fourth-order valence-electron chi connectivity index (χ4n) is 5.98. The third kappa shape index (κ3) is 4.27. The van der Waals surface area contributed by atoms with Gasteiger partial charge in [-0.3, -0.25) is 0 Å². The monoisotopic (exact) mass is 364 g/mol. The Hall–Kier alpha value is -0.610. The number of fused-ring (bicyclic) bond motifs is 1. The van der Waals surface area contributed by atoms with Crippen LogP contribution in [0.2, 0.25) is 0 Å². The first kappa shape index (κ1) is 20.1. The van der Waals surface area contributed by atoms with Gasteiger partial charge in [0, 0.05) is 24.1 Å². The van der Waals surface area contributed by atoms with Crippen LogP contribution in [0.25, 0.3) is 0 Å². The maximum Gasteiger partial charge on any atom is 0.118 e. The van der Waals surface area contributed by atoms with E-state index in [0.717, 1.165) is 50.5 Å². The van der Waals surface area contributed by atoms with Gasteiger partial charge in [0.15, 0.2) is 0 Å². The molecule has 0 aromatic carbocycles. The van der Waals surface area contributed by atoms with Gasteiger partial charge in [0.05, 0.1) is 5.60 Å². The molecule has 150 valence electrons. The minimum Gasteiger partial charge on any atom is -0.396 e. The first-order valence-corrected chi connectivity index (χ1v) is 11.0. The molecule has 0 radical (unpaired) electrons. The molecule has 0 aromatic rings. The van der Waals surface area contributed by atoms with Crippen molar-refractivity contribution >= 4 is 6.21 Å². The van der Waals surface area contributed by atoms with E-state index in [1.807, 2.05) is 6.21 Å². The molecule has 3 fully saturated rings. The molecule has 0 bridgehead atoms. The highest BCUT2D eigenvalue weighted by molar-refractivity contribution is 5.62. The van der Waals surface area contributed by atoms with Crippen LogP contribution in [-0.4, -0.2) is 49.1 Å². The van der Waals surface area contributed by atoms with Crippen molar-refractivity contribution in [3.05, 3.63) is 0 Å². The van der Waals surface area contributed by atoms with E-state index >= 15 is 0 Å². The fourth-order valence-corrected chi connectivity index (χ4v) is 5.98. The van der Waals surface area contributed by atoms with Gasteiger partial charge in [0.1, 0.15) is 6.61 Å². The molecule has 0 aromatic heterocycles. The van der Waals surface area contributed by atoms with E-state index in [9.17, 15) is 5.11 Å². The van der Waals surface area contributed by atoms with Crippen molar-refractivity contribution in [1.82, 2.24) is 4.90 Å². The average molecular weight is 365 g/mol. The molecule has 3 aliphatic rings. The first-order valence-electron chi connectivity index (χ1n) is 11.0. The molecule has 26 heavy (non-hydrogen) atoms. The highest BCUT2D eigenvalue weighted by Crippen LogP contribution is 2.60. The molecule has 0 amide bonds. The lowest BCUT2D eigenvalue weighted by Gasteiger charge is -2.50. The van der Waals surface area contributed by atoms with E-state index < -0.39 is 5.60 Å². The van der Waals surface area contributed by atoms with Crippen molar-refractivity contribution in [1.29, 1.82) is 0 Å². The minimum absolute atomic E-state index is 0.0192. The highest BCUT2D eigenvalue weighted by atomic mass is 16.6. The Morgan fingerprint density at radius 2 is 1.85 bits per heavy atom. The van der Waals surface area contributed by atoms with Crippen molar-refractivity contribution in [2.75, 3.05) is 27.2 Å². The quantitative estimate of drug-likeness (QED) is 0.412. The normalized spacial score (nSPS) is 38.8. The molecule has 4 nitrogen and oxygen atoms in total.